The van der Waals surface area contributed by atoms with E-state index < -0.39 is 0 Å². The zero-order valence-electron chi connectivity index (χ0n) is 12.8. The molecular formula is C18H24ClNO. The van der Waals surface area contributed by atoms with E-state index >= 15 is 0 Å². The van der Waals surface area contributed by atoms with Crippen LogP contribution in [0.2, 0.25) is 0 Å². The lowest BCUT2D eigenvalue weighted by Crippen LogP contribution is -2.37. The second-order valence-corrected chi connectivity index (χ2v) is 5.91. The van der Waals surface area contributed by atoms with Crippen molar-refractivity contribution < 1.29 is 4.74 Å². The quantitative estimate of drug-likeness (QED) is 0.604. The van der Waals surface area contributed by atoms with E-state index in [1.54, 1.807) is 0 Å². The van der Waals surface area contributed by atoms with Crippen LogP contribution in [0, 0.1) is 11.8 Å². The van der Waals surface area contributed by atoms with Gasteiger partial charge in [0.2, 0.25) is 0 Å². The van der Waals surface area contributed by atoms with E-state index in [0.29, 0.717) is 11.9 Å². The number of alkyl halides is 1. The van der Waals surface area contributed by atoms with E-state index in [2.05, 4.69) is 23.8 Å². The van der Waals surface area contributed by atoms with E-state index in [9.17, 15) is 0 Å². The molecule has 1 aliphatic rings. The van der Waals surface area contributed by atoms with E-state index in [1.165, 1.54) is 25.8 Å². The first kappa shape index (κ1) is 16.2. The highest BCUT2D eigenvalue weighted by atomic mass is 35.5. The molecule has 2 nitrogen and oxygen atoms in total. The summed E-state index contributed by atoms with van der Waals surface area (Å²) in [5, 5.41) is 0. The number of hydrogen-bond acceptors (Lipinski definition) is 2. The third kappa shape index (κ3) is 5.61. The molecule has 0 saturated carbocycles. The average molecular weight is 306 g/mol. The SMILES string of the molecule is CN1CCCCC1CCOc1ccc(C#CCCCl)cc1. The Morgan fingerprint density at radius 1 is 1.29 bits per heavy atom. The Labute approximate surface area is 133 Å². The van der Waals surface area contributed by atoms with Crippen molar-refractivity contribution in [2.24, 2.45) is 0 Å². The van der Waals surface area contributed by atoms with Crippen molar-refractivity contribution in [2.45, 2.75) is 38.1 Å². The molecular weight excluding hydrogens is 282 g/mol. The number of piperidine rings is 1. The molecule has 1 aliphatic heterocycles. The van der Waals surface area contributed by atoms with Gasteiger partial charge in [0.25, 0.3) is 0 Å². The topological polar surface area (TPSA) is 12.5 Å². The van der Waals surface area contributed by atoms with Gasteiger partial charge in [0, 0.05) is 23.9 Å². The first-order chi connectivity index (χ1) is 10.3. The molecule has 21 heavy (non-hydrogen) atoms. The lowest BCUT2D eigenvalue weighted by Gasteiger charge is -2.32. The van der Waals surface area contributed by atoms with Crippen LogP contribution in [0.15, 0.2) is 24.3 Å². The van der Waals surface area contributed by atoms with Crippen LogP contribution in [0.5, 0.6) is 5.75 Å². The molecule has 0 bridgehead atoms. The molecule has 0 N–H and O–H groups in total. The van der Waals surface area contributed by atoms with Crippen LogP contribution in [0.3, 0.4) is 0 Å². The summed E-state index contributed by atoms with van der Waals surface area (Å²) in [4.78, 5) is 2.46. The van der Waals surface area contributed by atoms with Crippen molar-refractivity contribution >= 4 is 11.6 Å². The number of halogens is 1. The van der Waals surface area contributed by atoms with Crippen molar-refractivity contribution in [3.05, 3.63) is 29.8 Å². The Kier molecular flexibility index (Phi) is 6.92. The predicted octanol–water partition coefficient (Wildman–Crippen LogP) is 3.92. The lowest BCUT2D eigenvalue weighted by atomic mass is 10.0. The molecule has 1 atom stereocenters. The molecule has 0 spiro atoms. The minimum absolute atomic E-state index is 0.587. The maximum absolute atomic E-state index is 5.84. The van der Waals surface area contributed by atoms with Crippen LogP contribution in [0.25, 0.3) is 0 Å². The number of benzene rings is 1. The summed E-state index contributed by atoms with van der Waals surface area (Å²) in [6.45, 7) is 2.01. The molecule has 3 heteroatoms. The standard InChI is InChI=1S/C18H24ClNO/c1-20-14-5-3-7-17(20)12-15-21-18-10-8-16(9-11-18)6-2-4-13-19/h8-11,17H,3-5,7,12-15H2,1H3. The number of ether oxygens (including phenoxy) is 1. The average Bonchev–Trinajstić information content (AvgIpc) is 2.51. The van der Waals surface area contributed by atoms with E-state index in [-0.39, 0.29) is 0 Å². The van der Waals surface area contributed by atoms with Crippen LogP contribution in [0.4, 0.5) is 0 Å². The van der Waals surface area contributed by atoms with Gasteiger partial charge >= 0.3 is 0 Å². The molecule has 1 heterocycles. The number of likely N-dealkylation sites (tertiary alicyclic amines) is 1. The zero-order chi connectivity index (χ0) is 14.9. The van der Waals surface area contributed by atoms with E-state index in [4.69, 9.17) is 16.3 Å². The second-order valence-electron chi connectivity index (χ2n) is 5.53. The van der Waals surface area contributed by atoms with Crippen molar-refractivity contribution in [1.82, 2.24) is 4.90 Å². The highest BCUT2D eigenvalue weighted by Crippen LogP contribution is 2.18. The van der Waals surface area contributed by atoms with Crippen LogP contribution >= 0.6 is 11.6 Å². The molecule has 1 fully saturated rings. The van der Waals surface area contributed by atoms with Crippen molar-refractivity contribution in [2.75, 3.05) is 26.1 Å². The van der Waals surface area contributed by atoms with Gasteiger partial charge in [-0.3, -0.25) is 0 Å². The molecule has 1 unspecified atom stereocenters. The van der Waals surface area contributed by atoms with Crippen molar-refractivity contribution in [3.8, 4) is 17.6 Å². The molecule has 1 saturated heterocycles. The Bertz CT molecular complexity index is 474. The Morgan fingerprint density at radius 3 is 2.81 bits per heavy atom. The molecule has 1 aromatic carbocycles. The highest BCUT2D eigenvalue weighted by Gasteiger charge is 2.18. The molecule has 0 aliphatic carbocycles. The minimum atomic E-state index is 0.587. The number of rotatable bonds is 5. The zero-order valence-corrected chi connectivity index (χ0v) is 13.5. The third-order valence-corrected chi connectivity index (χ3v) is 4.14. The summed E-state index contributed by atoms with van der Waals surface area (Å²) in [7, 11) is 2.22. The van der Waals surface area contributed by atoms with Gasteiger partial charge in [-0.15, -0.1) is 11.6 Å². The van der Waals surface area contributed by atoms with Crippen molar-refractivity contribution in [1.29, 1.82) is 0 Å². The summed E-state index contributed by atoms with van der Waals surface area (Å²) < 4.78 is 5.84. The van der Waals surface area contributed by atoms with Crippen LogP contribution < -0.4 is 4.74 Å². The summed E-state index contributed by atoms with van der Waals surface area (Å²) >= 11 is 5.60. The van der Waals surface area contributed by atoms with Crippen molar-refractivity contribution in [3.63, 3.8) is 0 Å². The molecule has 0 amide bonds. The van der Waals surface area contributed by atoms with Gasteiger partial charge in [0.05, 0.1) is 6.61 Å². The number of hydrogen-bond donors (Lipinski definition) is 0. The van der Waals surface area contributed by atoms with Crippen LogP contribution in [-0.4, -0.2) is 37.0 Å². The molecule has 2 rings (SSSR count). The van der Waals surface area contributed by atoms with Gasteiger partial charge in [-0.05, 0) is 57.1 Å². The largest absolute Gasteiger partial charge is 0.494 e. The highest BCUT2D eigenvalue weighted by molar-refractivity contribution is 6.18. The predicted molar refractivity (Wildman–Crippen MR) is 89.0 cm³/mol. The summed E-state index contributed by atoms with van der Waals surface area (Å²) in [6, 6.07) is 8.68. The molecule has 0 aromatic heterocycles. The Morgan fingerprint density at radius 2 is 2.10 bits per heavy atom. The van der Waals surface area contributed by atoms with Gasteiger partial charge < -0.3 is 9.64 Å². The lowest BCUT2D eigenvalue weighted by molar-refractivity contribution is 0.153. The summed E-state index contributed by atoms with van der Waals surface area (Å²) in [5.74, 6) is 7.64. The normalized spacial score (nSPS) is 18.9. The van der Waals surface area contributed by atoms with Crippen LogP contribution in [-0.2, 0) is 0 Å². The fourth-order valence-corrected chi connectivity index (χ4v) is 2.76. The Balaban J connectivity index is 1.74. The van der Waals surface area contributed by atoms with Gasteiger partial charge in [0.1, 0.15) is 5.75 Å². The fraction of sp³-hybridized carbons (Fsp3) is 0.556. The van der Waals surface area contributed by atoms with E-state index in [0.717, 1.165) is 30.8 Å². The van der Waals surface area contributed by atoms with Gasteiger partial charge in [-0.1, -0.05) is 18.3 Å². The first-order valence-corrected chi connectivity index (χ1v) is 8.31. The molecule has 0 radical (unpaired) electrons. The monoisotopic (exact) mass is 305 g/mol. The van der Waals surface area contributed by atoms with Gasteiger partial charge in [-0.2, -0.15) is 0 Å². The van der Waals surface area contributed by atoms with Gasteiger partial charge in [0.15, 0.2) is 0 Å². The van der Waals surface area contributed by atoms with Crippen LogP contribution in [0.1, 0.15) is 37.7 Å². The maximum atomic E-state index is 5.84. The first-order valence-electron chi connectivity index (χ1n) is 7.77. The molecule has 114 valence electrons. The van der Waals surface area contributed by atoms with E-state index in [1.807, 2.05) is 24.3 Å². The maximum Gasteiger partial charge on any atom is 0.119 e. The summed E-state index contributed by atoms with van der Waals surface area (Å²) in [5.41, 5.74) is 1.01. The fourth-order valence-electron chi connectivity index (χ4n) is 2.67. The summed E-state index contributed by atoms with van der Waals surface area (Å²) in [6.07, 6.45) is 5.82. The Hall–Kier alpha value is -1.17. The molecule has 1 aromatic rings. The third-order valence-electron chi connectivity index (χ3n) is 3.95. The second kappa shape index (κ2) is 8.97. The smallest absolute Gasteiger partial charge is 0.119 e. The minimum Gasteiger partial charge on any atom is -0.494 e. The van der Waals surface area contributed by atoms with Gasteiger partial charge in [-0.25, -0.2) is 0 Å². The number of nitrogens with zero attached hydrogens (tertiary/aromatic N) is 1.